The van der Waals surface area contributed by atoms with Gasteiger partial charge in [-0.1, -0.05) is 25.1 Å². The van der Waals surface area contributed by atoms with Gasteiger partial charge in [-0.3, -0.25) is 0 Å². The van der Waals surface area contributed by atoms with Gasteiger partial charge in [0.2, 0.25) is 6.79 Å². The summed E-state index contributed by atoms with van der Waals surface area (Å²) in [5.41, 5.74) is 4.18. The zero-order valence-corrected chi connectivity index (χ0v) is 13.5. The van der Waals surface area contributed by atoms with Crippen molar-refractivity contribution in [2.24, 2.45) is 0 Å². The molecule has 0 aliphatic carbocycles. The zero-order valence-electron chi connectivity index (χ0n) is 13.5. The van der Waals surface area contributed by atoms with E-state index in [1.54, 1.807) is 0 Å². The lowest BCUT2D eigenvalue weighted by Gasteiger charge is -2.04. The van der Waals surface area contributed by atoms with Crippen molar-refractivity contribution in [3.05, 3.63) is 60.3 Å². The second-order valence-electron chi connectivity index (χ2n) is 5.63. The third-order valence-electron chi connectivity index (χ3n) is 4.02. The minimum Gasteiger partial charge on any atom is -0.454 e. The monoisotopic (exact) mass is 321 g/mol. The molecule has 122 valence electrons. The number of nitrogens with zero attached hydrogens (tertiary/aromatic N) is 2. The van der Waals surface area contributed by atoms with E-state index in [1.165, 1.54) is 0 Å². The Balaban J connectivity index is 1.76. The van der Waals surface area contributed by atoms with Crippen LogP contribution in [0.1, 0.15) is 12.5 Å². The van der Waals surface area contributed by atoms with Crippen LogP contribution in [0, 0.1) is 0 Å². The van der Waals surface area contributed by atoms with Crippen LogP contribution in [0.5, 0.6) is 11.5 Å². The molecule has 0 amide bonds. The van der Waals surface area contributed by atoms with Gasteiger partial charge >= 0.3 is 0 Å². The van der Waals surface area contributed by atoms with E-state index in [1.807, 2.05) is 53.2 Å². The average molecular weight is 321 g/mol. The van der Waals surface area contributed by atoms with Crippen LogP contribution >= 0.6 is 0 Å². The molecular weight excluding hydrogens is 302 g/mol. The van der Waals surface area contributed by atoms with Crippen molar-refractivity contribution < 1.29 is 9.47 Å². The normalized spacial score (nSPS) is 12.5. The van der Waals surface area contributed by atoms with Crippen molar-refractivity contribution in [2.45, 2.75) is 13.5 Å². The van der Waals surface area contributed by atoms with E-state index in [4.69, 9.17) is 14.6 Å². The van der Waals surface area contributed by atoms with Crippen molar-refractivity contribution in [1.29, 1.82) is 0 Å². The van der Waals surface area contributed by atoms with Gasteiger partial charge < -0.3 is 14.8 Å². The van der Waals surface area contributed by atoms with Gasteiger partial charge in [-0.15, -0.1) is 0 Å². The highest BCUT2D eigenvalue weighted by atomic mass is 16.7. The summed E-state index contributed by atoms with van der Waals surface area (Å²) in [5, 5.41) is 8.19. The molecule has 2 heterocycles. The lowest BCUT2D eigenvalue weighted by Crippen LogP contribution is -2.11. The smallest absolute Gasteiger partial charge is 0.231 e. The number of nitrogens with one attached hydrogen (secondary N) is 1. The number of benzene rings is 2. The molecule has 5 nitrogen and oxygen atoms in total. The van der Waals surface area contributed by atoms with Crippen LogP contribution in [0.4, 0.5) is 0 Å². The Morgan fingerprint density at radius 3 is 2.75 bits per heavy atom. The van der Waals surface area contributed by atoms with Crippen LogP contribution in [0.3, 0.4) is 0 Å². The highest BCUT2D eigenvalue weighted by Crippen LogP contribution is 2.36. The number of fused-ring (bicyclic) bond motifs is 1. The number of aromatic nitrogens is 2. The number of rotatable bonds is 5. The van der Waals surface area contributed by atoms with E-state index in [-0.39, 0.29) is 6.79 Å². The van der Waals surface area contributed by atoms with Crippen molar-refractivity contribution in [3.8, 4) is 28.4 Å². The Morgan fingerprint density at radius 2 is 1.92 bits per heavy atom. The summed E-state index contributed by atoms with van der Waals surface area (Å²) >= 11 is 0. The molecule has 24 heavy (non-hydrogen) atoms. The third-order valence-corrected chi connectivity index (χ3v) is 4.02. The maximum Gasteiger partial charge on any atom is 0.231 e. The quantitative estimate of drug-likeness (QED) is 0.783. The summed E-state index contributed by atoms with van der Waals surface area (Å²) < 4.78 is 12.8. The Hall–Kier alpha value is -2.79. The first-order valence-corrected chi connectivity index (χ1v) is 8.10. The van der Waals surface area contributed by atoms with Gasteiger partial charge in [0.1, 0.15) is 0 Å². The molecule has 0 saturated heterocycles. The fourth-order valence-corrected chi connectivity index (χ4v) is 2.80. The molecule has 1 N–H and O–H groups in total. The maximum atomic E-state index is 5.50. The lowest BCUT2D eigenvalue weighted by molar-refractivity contribution is 0.174. The van der Waals surface area contributed by atoms with Crippen molar-refractivity contribution in [2.75, 3.05) is 13.3 Å². The van der Waals surface area contributed by atoms with Crippen LogP contribution in [0.2, 0.25) is 0 Å². The third kappa shape index (κ3) is 2.74. The summed E-state index contributed by atoms with van der Waals surface area (Å²) in [6.45, 7) is 4.06. The van der Waals surface area contributed by atoms with Gasteiger partial charge in [-0.25, -0.2) is 4.68 Å². The molecule has 3 aromatic rings. The molecule has 1 aliphatic heterocycles. The Morgan fingerprint density at radius 1 is 1.08 bits per heavy atom. The molecule has 0 radical (unpaired) electrons. The van der Waals surface area contributed by atoms with E-state index in [0.717, 1.165) is 47.1 Å². The molecule has 0 spiro atoms. The maximum absolute atomic E-state index is 5.50. The zero-order chi connectivity index (χ0) is 16.4. The molecule has 1 aromatic heterocycles. The highest BCUT2D eigenvalue weighted by molar-refractivity contribution is 5.67. The van der Waals surface area contributed by atoms with E-state index in [2.05, 4.69) is 18.4 Å². The standard InChI is InChI=1S/C19H19N3O2/c1-2-20-11-15-12-22(16-6-4-3-5-7-16)21-19(15)14-8-9-17-18(10-14)24-13-23-17/h3-10,12,20H,2,11,13H2,1H3. The second kappa shape index (κ2) is 6.37. The van der Waals surface area contributed by atoms with E-state index < -0.39 is 0 Å². The predicted molar refractivity (Wildman–Crippen MR) is 92.5 cm³/mol. The first kappa shape index (κ1) is 14.8. The van der Waals surface area contributed by atoms with Crippen molar-refractivity contribution >= 4 is 0 Å². The molecular formula is C19H19N3O2. The summed E-state index contributed by atoms with van der Waals surface area (Å²) in [4.78, 5) is 0. The lowest BCUT2D eigenvalue weighted by atomic mass is 10.1. The van der Waals surface area contributed by atoms with Crippen LogP contribution in [-0.4, -0.2) is 23.1 Å². The topological polar surface area (TPSA) is 48.3 Å². The molecule has 0 saturated carbocycles. The molecule has 0 unspecified atom stereocenters. The second-order valence-corrected chi connectivity index (χ2v) is 5.63. The molecule has 5 heteroatoms. The summed E-state index contributed by atoms with van der Waals surface area (Å²) in [5.74, 6) is 1.56. The van der Waals surface area contributed by atoms with Gasteiger partial charge in [-0.05, 0) is 36.9 Å². The minimum absolute atomic E-state index is 0.279. The van der Waals surface area contributed by atoms with Crippen molar-refractivity contribution in [1.82, 2.24) is 15.1 Å². The average Bonchev–Trinajstić information content (AvgIpc) is 3.26. The van der Waals surface area contributed by atoms with Crippen LogP contribution in [-0.2, 0) is 6.54 Å². The first-order chi connectivity index (χ1) is 11.8. The van der Waals surface area contributed by atoms with Gasteiger partial charge in [0, 0.05) is 23.9 Å². The van der Waals surface area contributed by atoms with Gasteiger partial charge in [0.25, 0.3) is 0 Å². The van der Waals surface area contributed by atoms with Crippen LogP contribution in [0.25, 0.3) is 16.9 Å². The van der Waals surface area contributed by atoms with Crippen molar-refractivity contribution in [3.63, 3.8) is 0 Å². The molecule has 1 aliphatic rings. The number of hydrogen-bond acceptors (Lipinski definition) is 4. The number of para-hydroxylation sites is 1. The highest BCUT2D eigenvalue weighted by Gasteiger charge is 2.17. The van der Waals surface area contributed by atoms with Gasteiger partial charge in [-0.2, -0.15) is 5.10 Å². The molecule has 0 bridgehead atoms. The fraction of sp³-hybridized carbons (Fsp3) is 0.211. The van der Waals surface area contributed by atoms with E-state index in [9.17, 15) is 0 Å². The fourth-order valence-electron chi connectivity index (χ4n) is 2.80. The predicted octanol–water partition coefficient (Wildman–Crippen LogP) is 3.38. The largest absolute Gasteiger partial charge is 0.454 e. The summed E-state index contributed by atoms with van der Waals surface area (Å²) in [6, 6.07) is 16.1. The molecule has 2 aromatic carbocycles. The number of ether oxygens (including phenoxy) is 2. The van der Waals surface area contributed by atoms with E-state index in [0.29, 0.717) is 0 Å². The Kier molecular flexibility index (Phi) is 3.92. The Bertz CT molecular complexity index is 843. The molecule has 0 atom stereocenters. The minimum atomic E-state index is 0.279. The Labute approximate surface area is 140 Å². The van der Waals surface area contributed by atoms with Gasteiger partial charge in [0.15, 0.2) is 11.5 Å². The first-order valence-electron chi connectivity index (χ1n) is 8.10. The number of hydrogen-bond donors (Lipinski definition) is 1. The SMILES string of the molecule is CCNCc1cn(-c2ccccc2)nc1-c1ccc2c(c1)OCO2. The molecule has 4 rings (SSSR count). The van der Waals surface area contributed by atoms with E-state index >= 15 is 0 Å². The summed E-state index contributed by atoms with van der Waals surface area (Å²) in [6.07, 6.45) is 2.08. The molecule has 0 fully saturated rings. The van der Waals surface area contributed by atoms with Gasteiger partial charge in [0.05, 0.1) is 11.4 Å². The van der Waals surface area contributed by atoms with Crippen LogP contribution < -0.4 is 14.8 Å². The summed E-state index contributed by atoms with van der Waals surface area (Å²) in [7, 11) is 0. The van der Waals surface area contributed by atoms with Crippen LogP contribution in [0.15, 0.2) is 54.7 Å².